The molecule has 2 heterocycles. The SMILES string of the molecule is COc1ccc(N2CCN(C(=O)[C@H]3C[C@H](F)CN3)CC2)cc1. The van der Waals surface area contributed by atoms with Crippen LogP contribution in [0.25, 0.3) is 0 Å². The molecule has 1 aromatic rings. The van der Waals surface area contributed by atoms with E-state index in [0.717, 1.165) is 24.5 Å². The minimum atomic E-state index is -0.894. The van der Waals surface area contributed by atoms with E-state index in [9.17, 15) is 9.18 Å². The molecule has 5 nitrogen and oxygen atoms in total. The van der Waals surface area contributed by atoms with Crippen LogP contribution in [0, 0.1) is 0 Å². The minimum Gasteiger partial charge on any atom is -0.497 e. The van der Waals surface area contributed by atoms with E-state index < -0.39 is 6.17 Å². The first-order valence-electron chi connectivity index (χ1n) is 7.72. The molecule has 1 amide bonds. The lowest BCUT2D eigenvalue weighted by molar-refractivity contribution is -0.133. The first-order valence-corrected chi connectivity index (χ1v) is 7.72. The van der Waals surface area contributed by atoms with E-state index in [1.807, 2.05) is 29.2 Å². The highest BCUT2D eigenvalue weighted by atomic mass is 19.1. The summed E-state index contributed by atoms with van der Waals surface area (Å²) in [5, 5.41) is 2.97. The molecular weight excluding hydrogens is 285 g/mol. The molecule has 0 aromatic heterocycles. The van der Waals surface area contributed by atoms with Gasteiger partial charge in [0.05, 0.1) is 13.2 Å². The van der Waals surface area contributed by atoms with Crippen LogP contribution in [-0.4, -0.2) is 62.9 Å². The second-order valence-corrected chi connectivity index (χ2v) is 5.80. The summed E-state index contributed by atoms with van der Waals surface area (Å²) in [6.45, 7) is 3.25. The Labute approximate surface area is 130 Å². The molecule has 120 valence electrons. The maximum atomic E-state index is 13.2. The van der Waals surface area contributed by atoms with Crippen molar-refractivity contribution in [3.63, 3.8) is 0 Å². The molecule has 6 heteroatoms. The second kappa shape index (κ2) is 6.52. The Kier molecular flexibility index (Phi) is 4.47. The average Bonchev–Trinajstić information content (AvgIpc) is 3.01. The number of alkyl halides is 1. The Bertz CT molecular complexity index is 515. The number of carbonyl (C=O) groups is 1. The highest BCUT2D eigenvalue weighted by molar-refractivity contribution is 5.82. The fourth-order valence-corrected chi connectivity index (χ4v) is 3.08. The first kappa shape index (κ1) is 15.1. The predicted molar refractivity (Wildman–Crippen MR) is 83.1 cm³/mol. The molecule has 2 fully saturated rings. The molecule has 0 radical (unpaired) electrons. The molecule has 1 aromatic carbocycles. The maximum absolute atomic E-state index is 13.2. The van der Waals surface area contributed by atoms with E-state index in [0.29, 0.717) is 26.1 Å². The van der Waals surface area contributed by atoms with Crippen LogP contribution in [0.15, 0.2) is 24.3 Å². The van der Waals surface area contributed by atoms with Gasteiger partial charge in [-0.3, -0.25) is 4.79 Å². The molecule has 2 saturated heterocycles. The normalized spacial score (nSPS) is 25.4. The number of halogens is 1. The van der Waals surface area contributed by atoms with Gasteiger partial charge in [0, 0.05) is 44.8 Å². The number of rotatable bonds is 3. The molecule has 0 spiro atoms. The molecule has 3 rings (SSSR count). The highest BCUT2D eigenvalue weighted by Crippen LogP contribution is 2.21. The summed E-state index contributed by atoms with van der Waals surface area (Å²) < 4.78 is 18.4. The van der Waals surface area contributed by atoms with Crippen LogP contribution in [0.4, 0.5) is 10.1 Å². The number of benzene rings is 1. The Hall–Kier alpha value is -1.82. The molecule has 2 aliphatic heterocycles. The Morgan fingerprint density at radius 3 is 2.45 bits per heavy atom. The molecule has 0 aliphatic carbocycles. The van der Waals surface area contributed by atoms with Crippen molar-refractivity contribution in [3.05, 3.63) is 24.3 Å². The molecular formula is C16H22FN3O2. The van der Waals surface area contributed by atoms with Gasteiger partial charge in [0.2, 0.25) is 5.91 Å². The van der Waals surface area contributed by atoms with Gasteiger partial charge >= 0.3 is 0 Å². The van der Waals surface area contributed by atoms with Crippen LogP contribution in [-0.2, 0) is 4.79 Å². The van der Waals surface area contributed by atoms with Crippen LogP contribution in [0.2, 0.25) is 0 Å². The van der Waals surface area contributed by atoms with Crippen LogP contribution in [0.1, 0.15) is 6.42 Å². The molecule has 0 bridgehead atoms. The monoisotopic (exact) mass is 307 g/mol. The third-order valence-corrected chi connectivity index (χ3v) is 4.40. The minimum absolute atomic E-state index is 0.0366. The van der Waals surface area contributed by atoms with Crippen LogP contribution < -0.4 is 15.0 Å². The van der Waals surface area contributed by atoms with Crippen LogP contribution in [0.3, 0.4) is 0 Å². The Morgan fingerprint density at radius 2 is 1.91 bits per heavy atom. The lowest BCUT2D eigenvalue weighted by Gasteiger charge is -2.37. The lowest BCUT2D eigenvalue weighted by Crippen LogP contribution is -2.53. The average molecular weight is 307 g/mol. The smallest absolute Gasteiger partial charge is 0.239 e. The van der Waals surface area contributed by atoms with E-state index in [2.05, 4.69) is 10.2 Å². The highest BCUT2D eigenvalue weighted by Gasteiger charge is 2.33. The summed E-state index contributed by atoms with van der Waals surface area (Å²) in [7, 11) is 1.65. The van der Waals surface area contributed by atoms with Crippen molar-refractivity contribution >= 4 is 11.6 Å². The quantitative estimate of drug-likeness (QED) is 0.906. The largest absolute Gasteiger partial charge is 0.497 e. The molecule has 2 atom stereocenters. The number of methoxy groups -OCH3 is 1. The maximum Gasteiger partial charge on any atom is 0.239 e. The van der Waals surface area contributed by atoms with Gasteiger partial charge in [-0.2, -0.15) is 0 Å². The third kappa shape index (κ3) is 3.16. The van der Waals surface area contributed by atoms with Gasteiger partial charge in [-0.1, -0.05) is 0 Å². The van der Waals surface area contributed by atoms with Gasteiger partial charge in [0.25, 0.3) is 0 Å². The van der Waals surface area contributed by atoms with Crippen molar-refractivity contribution in [2.24, 2.45) is 0 Å². The number of hydrogen-bond acceptors (Lipinski definition) is 4. The van der Waals surface area contributed by atoms with Crippen molar-refractivity contribution < 1.29 is 13.9 Å². The fraction of sp³-hybridized carbons (Fsp3) is 0.562. The molecule has 0 unspecified atom stereocenters. The number of anilines is 1. The lowest BCUT2D eigenvalue weighted by atomic mass is 10.1. The van der Waals surface area contributed by atoms with Crippen LogP contribution in [0.5, 0.6) is 5.75 Å². The first-order chi connectivity index (χ1) is 10.7. The number of carbonyl (C=O) groups excluding carboxylic acids is 1. The van der Waals surface area contributed by atoms with Crippen LogP contribution >= 0.6 is 0 Å². The van der Waals surface area contributed by atoms with Crippen molar-refractivity contribution in [2.45, 2.75) is 18.6 Å². The Morgan fingerprint density at radius 1 is 1.23 bits per heavy atom. The second-order valence-electron chi connectivity index (χ2n) is 5.80. The molecule has 2 aliphatic rings. The van der Waals surface area contributed by atoms with Gasteiger partial charge in [-0.05, 0) is 24.3 Å². The van der Waals surface area contributed by atoms with Crippen molar-refractivity contribution in [1.29, 1.82) is 0 Å². The number of ether oxygens (including phenoxy) is 1. The van der Waals surface area contributed by atoms with Gasteiger partial charge < -0.3 is 19.9 Å². The van der Waals surface area contributed by atoms with E-state index >= 15 is 0 Å². The summed E-state index contributed by atoms with van der Waals surface area (Å²) in [4.78, 5) is 16.4. The number of nitrogens with zero attached hydrogens (tertiary/aromatic N) is 2. The predicted octanol–water partition coefficient (Wildman–Crippen LogP) is 1.04. The van der Waals surface area contributed by atoms with Gasteiger partial charge in [-0.25, -0.2) is 4.39 Å². The zero-order valence-electron chi connectivity index (χ0n) is 12.8. The number of nitrogens with one attached hydrogen (secondary N) is 1. The summed E-state index contributed by atoms with van der Waals surface area (Å²) in [5.41, 5.74) is 1.13. The summed E-state index contributed by atoms with van der Waals surface area (Å²) in [5.74, 6) is 0.875. The summed E-state index contributed by atoms with van der Waals surface area (Å²) in [6.07, 6.45) is -0.591. The summed E-state index contributed by atoms with van der Waals surface area (Å²) in [6, 6.07) is 7.60. The Balaban J connectivity index is 1.54. The van der Waals surface area contributed by atoms with Gasteiger partial charge in [-0.15, -0.1) is 0 Å². The number of piperazine rings is 1. The van der Waals surface area contributed by atoms with Crippen molar-refractivity contribution in [2.75, 3.05) is 44.7 Å². The molecule has 0 saturated carbocycles. The standard InChI is InChI=1S/C16H22FN3O2/c1-22-14-4-2-13(3-5-14)19-6-8-20(9-7-19)16(21)15-10-12(17)11-18-15/h2-5,12,15,18H,6-11H2,1H3/t12-,15+/m0/s1. The van der Waals surface area contributed by atoms with E-state index in [4.69, 9.17) is 4.74 Å². The van der Waals surface area contributed by atoms with E-state index in [1.165, 1.54) is 0 Å². The number of hydrogen-bond donors (Lipinski definition) is 1. The van der Waals surface area contributed by atoms with Crippen molar-refractivity contribution in [1.82, 2.24) is 10.2 Å². The van der Waals surface area contributed by atoms with Gasteiger partial charge in [0.15, 0.2) is 0 Å². The molecule has 1 N–H and O–H groups in total. The summed E-state index contributed by atoms with van der Waals surface area (Å²) >= 11 is 0. The zero-order valence-corrected chi connectivity index (χ0v) is 12.8. The van der Waals surface area contributed by atoms with Gasteiger partial charge in [0.1, 0.15) is 11.9 Å². The zero-order chi connectivity index (χ0) is 15.5. The fourth-order valence-electron chi connectivity index (χ4n) is 3.08. The topological polar surface area (TPSA) is 44.8 Å². The van der Waals surface area contributed by atoms with Crippen molar-refractivity contribution in [3.8, 4) is 5.75 Å². The number of amides is 1. The third-order valence-electron chi connectivity index (χ3n) is 4.40. The van der Waals surface area contributed by atoms with E-state index in [1.54, 1.807) is 7.11 Å². The van der Waals surface area contributed by atoms with E-state index in [-0.39, 0.29) is 11.9 Å². The molecule has 22 heavy (non-hydrogen) atoms.